The number of fused-ring (bicyclic) bond motifs is 1. The molecule has 2 aliphatic rings. The van der Waals surface area contributed by atoms with Crippen molar-refractivity contribution in [3.05, 3.63) is 11.8 Å². The van der Waals surface area contributed by atoms with E-state index in [1.54, 1.807) is 7.05 Å². The van der Waals surface area contributed by atoms with E-state index in [1.807, 2.05) is 0 Å². The largest absolute Gasteiger partial charge is 0.335 e. The number of rotatable bonds is 0. The van der Waals surface area contributed by atoms with Crippen molar-refractivity contribution >= 4 is 23.2 Å². The maximum atomic E-state index is 11.4. The number of hydrogen-bond donors (Lipinski definition) is 1. The summed E-state index contributed by atoms with van der Waals surface area (Å²) in [7, 11) is 1.62. The molecule has 0 radical (unpaired) electrons. The molecule has 0 aromatic carbocycles. The Balaban J connectivity index is 2.35. The number of carbonyl (C=O) groups excluding carboxylic acids is 1. The summed E-state index contributed by atoms with van der Waals surface area (Å²) < 4.78 is 0. The first-order chi connectivity index (χ1) is 5.70. The molecule has 5 nitrogen and oxygen atoms in total. The number of carbonyl (C=O) groups is 1. The van der Waals surface area contributed by atoms with Crippen molar-refractivity contribution in [2.24, 2.45) is 10.2 Å². The molecule has 12 heavy (non-hydrogen) atoms. The van der Waals surface area contributed by atoms with Gasteiger partial charge in [0.2, 0.25) is 0 Å². The summed E-state index contributed by atoms with van der Waals surface area (Å²) in [5.74, 6) is -0.131. The summed E-state index contributed by atoms with van der Waals surface area (Å²) in [5, 5.41) is 10.7. The van der Waals surface area contributed by atoms with Gasteiger partial charge in [0.15, 0.2) is 11.3 Å². The maximum absolute atomic E-state index is 11.4. The molecule has 1 amide bonds. The van der Waals surface area contributed by atoms with E-state index in [4.69, 9.17) is 12.2 Å². The molecule has 0 aromatic heterocycles. The van der Waals surface area contributed by atoms with Gasteiger partial charge in [0.25, 0.3) is 5.91 Å². The number of likely N-dealkylation sites (N-methyl/N-ethyl adjacent to an activating group) is 1. The Kier molecular flexibility index (Phi) is 1.44. The molecule has 0 aromatic rings. The molecule has 2 aliphatic heterocycles. The van der Waals surface area contributed by atoms with Crippen molar-refractivity contribution in [3.8, 4) is 0 Å². The van der Waals surface area contributed by atoms with E-state index in [9.17, 15) is 4.79 Å². The van der Waals surface area contributed by atoms with Gasteiger partial charge in [0.1, 0.15) is 0 Å². The van der Waals surface area contributed by atoms with Crippen molar-refractivity contribution in [3.63, 3.8) is 0 Å². The number of amides is 1. The highest BCUT2D eigenvalue weighted by Gasteiger charge is 2.34. The van der Waals surface area contributed by atoms with Crippen molar-refractivity contribution in [2.45, 2.75) is 6.17 Å². The van der Waals surface area contributed by atoms with Crippen molar-refractivity contribution in [2.75, 3.05) is 7.05 Å². The molecule has 6 heteroatoms. The number of nitrogens with zero attached hydrogens (tertiary/aromatic N) is 3. The predicted molar refractivity (Wildman–Crippen MR) is 45.2 cm³/mol. The van der Waals surface area contributed by atoms with Gasteiger partial charge >= 0.3 is 0 Å². The predicted octanol–water partition coefficient (Wildman–Crippen LogP) is 0.00870. The summed E-state index contributed by atoms with van der Waals surface area (Å²) in [6.07, 6.45) is 1.10. The molecule has 1 saturated heterocycles. The zero-order valence-electron chi connectivity index (χ0n) is 6.31. The summed E-state index contributed by atoms with van der Waals surface area (Å²) in [5.41, 5.74) is 0.547. The van der Waals surface area contributed by atoms with E-state index in [-0.39, 0.29) is 12.1 Å². The van der Waals surface area contributed by atoms with Gasteiger partial charge in [-0.05, 0) is 12.2 Å². The van der Waals surface area contributed by atoms with Crippen LogP contribution < -0.4 is 5.32 Å². The number of nitrogens with one attached hydrogen (secondary N) is 1. The van der Waals surface area contributed by atoms with E-state index >= 15 is 0 Å². The Labute approximate surface area is 74.1 Å². The van der Waals surface area contributed by atoms with Crippen LogP contribution in [0.25, 0.3) is 0 Å². The summed E-state index contributed by atoms with van der Waals surface area (Å²) in [6, 6.07) is 0. The monoisotopic (exact) mass is 182 g/mol. The standard InChI is InChI=1S/C6H6N4OS/c1-10-5(11)3-2-7-9-4(3)8-6(10)12/h2,4H,1H3,(H,8,12). The second kappa shape index (κ2) is 2.34. The minimum atomic E-state index is -0.360. The summed E-state index contributed by atoms with van der Waals surface area (Å²) >= 11 is 4.89. The van der Waals surface area contributed by atoms with E-state index in [0.29, 0.717) is 10.7 Å². The topological polar surface area (TPSA) is 57.1 Å². The van der Waals surface area contributed by atoms with E-state index in [1.165, 1.54) is 11.1 Å². The van der Waals surface area contributed by atoms with E-state index < -0.39 is 0 Å². The van der Waals surface area contributed by atoms with Gasteiger partial charge in [0.05, 0.1) is 11.8 Å². The SMILES string of the molecule is CN1C(=O)C2=CN=NC2NC1=S. The highest BCUT2D eigenvalue weighted by atomic mass is 32.1. The lowest BCUT2D eigenvalue weighted by Gasteiger charge is -2.28. The van der Waals surface area contributed by atoms with Gasteiger partial charge in [-0.2, -0.15) is 10.2 Å². The van der Waals surface area contributed by atoms with Gasteiger partial charge in [-0.3, -0.25) is 9.69 Å². The first kappa shape index (κ1) is 7.35. The third-order valence-electron chi connectivity index (χ3n) is 1.79. The third-order valence-corrected chi connectivity index (χ3v) is 2.18. The van der Waals surface area contributed by atoms with Crippen LogP contribution in [0.2, 0.25) is 0 Å². The molecule has 1 unspecified atom stereocenters. The van der Waals surface area contributed by atoms with Gasteiger partial charge in [-0.15, -0.1) is 0 Å². The van der Waals surface area contributed by atoms with Crippen molar-refractivity contribution in [1.82, 2.24) is 10.2 Å². The zero-order chi connectivity index (χ0) is 8.72. The van der Waals surface area contributed by atoms with Crippen LogP contribution in [0.3, 0.4) is 0 Å². The lowest BCUT2D eigenvalue weighted by atomic mass is 10.2. The van der Waals surface area contributed by atoms with Crippen LogP contribution in [-0.2, 0) is 4.79 Å². The molecule has 1 fully saturated rings. The lowest BCUT2D eigenvalue weighted by Crippen LogP contribution is -2.52. The normalized spacial score (nSPS) is 26.9. The van der Waals surface area contributed by atoms with Gasteiger partial charge in [-0.1, -0.05) is 0 Å². The van der Waals surface area contributed by atoms with Crippen LogP contribution in [0.15, 0.2) is 22.0 Å². The molecule has 0 saturated carbocycles. The van der Waals surface area contributed by atoms with Gasteiger partial charge < -0.3 is 5.32 Å². The zero-order valence-corrected chi connectivity index (χ0v) is 7.13. The van der Waals surface area contributed by atoms with Crippen molar-refractivity contribution in [1.29, 1.82) is 0 Å². The molecule has 0 spiro atoms. The Hall–Kier alpha value is -1.30. The molecule has 62 valence electrons. The number of azo groups is 1. The Morgan fingerprint density at radius 3 is 3.25 bits per heavy atom. The highest BCUT2D eigenvalue weighted by Crippen LogP contribution is 2.18. The summed E-state index contributed by atoms with van der Waals surface area (Å²) in [6.45, 7) is 0. The van der Waals surface area contributed by atoms with Crippen LogP contribution in [0.5, 0.6) is 0 Å². The quantitative estimate of drug-likeness (QED) is 0.537. The smallest absolute Gasteiger partial charge is 0.261 e. The Morgan fingerprint density at radius 2 is 2.50 bits per heavy atom. The second-order valence-electron chi connectivity index (χ2n) is 2.53. The van der Waals surface area contributed by atoms with E-state index in [2.05, 4.69) is 15.5 Å². The van der Waals surface area contributed by atoms with Crippen LogP contribution in [0.1, 0.15) is 0 Å². The highest BCUT2D eigenvalue weighted by molar-refractivity contribution is 7.80. The average Bonchev–Trinajstić information content (AvgIpc) is 2.48. The molecule has 1 N–H and O–H groups in total. The lowest BCUT2D eigenvalue weighted by molar-refractivity contribution is -0.123. The van der Waals surface area contributed by atoms with Gasteiger partial charge in [0, 0.05) is 7.05 Å². The average molecular weight is 182 g/mol. The van der Waals surface area contributed by atoms with Crippen LogP contribution in [0.4, 0.5) is 0 Å². The molecule has 2 rings (SSSR count). The second-order valence-corrected chi connectivity index (χ2v) is 2.92. The third kappa shape index (κ3) is 0.845. The van der Waals surface area contributed by atoms with Crippen LogP contribution in [0, 0.1) is 0 Å². The minimum absolute atomic E-state index is 0.131. The maximum Gasteiger partial charge on any atom is 0.261 e. The Morgan fingerprint density at radius 1 is 1.75 bits per heavy atom. The molecule has 2 heterocycles. The molecule has 1 atom stereocenters. The van der Waals surface area contributed by atoms with E-state index in [0.717, 1.165) is 0 Å². The fourth-order valence-corrected chi connectivity index (χ4v) is 1.27. The van der Waals surface area contributed by atoms with Crippen LogP contribution in [-0.4, -0.2) is 29.1 Å². The first-order valence-corrected chi connectivity index (χ1v) is 3.79. The fourth-order valence-electron chi connectivity index (χ4n) is 1.07. The molecular formula is C6H6N4OS. The van der Waals surface area contributed by atoms with Crippen LogP contribution >= 0.6 is 12.2 Å². The first-order valence-electron chi connectivity index (χ1n) is 3.39. The number of thiocarbonyl (C=S) groups is 1. The number of hydrogen-bond acceptors (Lipinski definition) is 4. The fraction of sp³-hybridized carbons (Fsp3) is 0.333. The Bertz CT molecular complexity index is 322. The van der Waals surface area contributed by atoms with Gasteiger partial charge in [-0.25, -0.2) is 0 Å². The summed E-state index contributed by atoms with van der Waals surface area (Å²) in [4.78, 5) is 12.8. The van der Waals surface area contributed by atoms with Crippen molar-refractivity contribution < 1.29 is 4.79 Å². The molecule has 0 aliphatic carbocycles. The minimum Gasteiger partial charge on any atom is -0.335 e. The molecular weight excluding hydrogens is 176 g/mol. The molecule has 0 bridgehead atoms.